The van der Waals surface area contributed by atoms with Crippen molar-refractivity contribution in [2.45, 2.75) is 12.8 Å². The third-order valence-corrected chi connectivity index (χ3v) is 3.97. The van der Waals surface area contributed by atoms with Crippen LogP contribution in [0, 0.1) is 0 Å². The Balaban J connectivity index is 1.67. The number of amides is 2. The molecule has 3 rings (SSSR count). The molecule has 0 fully saturated rings. The van der Waals surface area contributed by atoms with Crippen molar-refractivity contribution in [3.05, 3.63) is 53.1 Å². The van der Waals surface area contributed by atoms with Crippen LogP contribution in [-0.4, -0.2) is 34.9 Å². The molecule has 1 aliphatic rings. The normalized spacial score (nSPS) is 13.3. The van der Waals surface area contributed by atoms with Gasteiger partial charge in [-0.05, 0) is 24.5 Å². The molecule has 1 aromatic carbocycles. The number of benzene rings is 1. The van der Waals surface area contributed by atoms with Gasteiger partial charge in [0.25, 0.3) is 5.91 Å². The van der Waals surface area contributed by atoms with Gasteiger partial charge in [-0.2, -0.15) is 0 Å². The first-order valence-electron chi connectivity index (χ1n) is 7.29. The molecule has 118 valence electrons. The Morgan fingerprint density at radius 1 is 1.30 bits per heavy atom. The third-order valence-electron chi connectivity index (χ3n) is 3.69. The van der Waals surface area contributed by atoms with E-state index in [4.69, 9.17) is 11.6 Å². The molecular formula is C16H15ClN4O2. The summed E-state index contributed by atoms with van der Waals surface area (Å²) in [4.78, 5) is 33.7. The van der Waals surface area contributed by atoms with Crippen molar-refractivity contribution in [2.75, 3.05) is 18.0 Å². The number of carbonyl (C=O) groups excluding carboxylic acids is 2. The summed E-state index contributed by atoms with van der Waals surface area (Å²) in [5, 5.41) is 2.72. The van der Waals surface area contributed by atoms with E-state index in [0.29, 0.717) is 6.54 Å². The van der Waals surface area contributed by atoms with E-state index in [0.717, 1.165) is 24.1 Å². The molecule has 0 saturated heterocycles. The molecule has 0 spiro atoms. The smallest absolute Gasteiger partial charge is 0.271 e. The molecule has 0 radical (unpaired) electrons. The highest BCUT2D eigenvalue weighted by molar-refractivity contribution is 6.33. The van der Waals surface area contributed by atoms with Gasteiger partial charge in [-0.3, -0.25) is 9.59 Å². The van der Waals surface area contributed by atoms with Gasteiger partial charge in [0.15, 0.2) is 0 Å². The van der Waals surface area contributed by atoms with Crippen LogP contribution in [0.5, 0.6) is 0 Å². The number of hydrogen-bond donors (Lipinski definition) is 1. The lowest BCUT2D eigenvalue weighted by molar-refractivity contribution is -0.117. The average molecular weight is 331 g/mol. The minimum Gasteiger partial charge on any atom is -0.342 e. The standard InChI is InChI=1S/C16H15ClN4O2/c17-12-8-18-10-20-15(12)16(23)19-9-14(22)21-7-3-5-11-4-1-2-6-13(11)21/h1-2,4,6,8,10H,3,5,7,9H2,(H,19,23). The van der Waals surface area contributed by atoms with Crippen LogP contribution in [0.15, 0.2) is 36.8 Å². The van der Waals surface area contributed by atoms with Crippen LogP contribution in [0.1, 0.15) is 22.5 Å². The number of anilines is 1. The predicted octanol–water partition coefficient (Wildman–Crippen LogP) is 1.84. The number of para-hydroxylation sites is 1. The van der Waals surface area contributed by atoms with Crippen LogP contribution >= 0.6 is 11.6 Å². The number of nitrogens with zero attached hydrogens (tertiary/aromatic N) is 3. The van der Waals surface area contributed by atoms with Crippen molar-refractivity contribution in [3.8, 4) is 0 Å². The van der Waals surface area contributed by atoms with Crippen LogP contribution < -0.4 is 10.2 Å². The maximum atomic E-state index is 12.4. The van der Waals surface area contributed by atoms with Gasteiger partial charge in [-0.15, -0.1) is 0 Å². The van der Waals surface area contributed by atoms with Crippen molar-refractivity contribution >= 4 is 29.1 Å². The summed E-state index contributed by atoms with van der Waals surface area (Å²) < 4.78 is 0. The highest BCUT2D eigenvalue weighted by atomic mass is 35.5. The van der Waals surface area contributed by atoms with Gasteiger partial charge in [-0.25, -0.2) is 9.97 Å². The molecular weight excluding hydrogens is 316 g/mol. The number of carbonyl (C=O) groups is 2. The van der Waals surface area contributed by atoms with Crippen LogP contribution in [0.3, 0.4) is 0 Å². The zero-order valence-electron chi connectivity index (χ0n) is 12.3. The molecule has 23 heavy (non-hydrogen) atoms. The van der Waals surface area contributed by atoms with E-state index in [-0.39, 0.29) is 23.2 Å². The van der Waals surface area contributed by atoms with Gasteiger partial charge in [0.2, 0.25) is 5.91 Å². The monoisotopic (exact) mass is 330 g/mol. The van der Waals surface area contributed by atoms with Gasteiger partial charge in [0.05, 0.1) is 11.6 Å². The zero-order valence-corrected chi connectivity index (χ0v) is 13.1. The number of aryl methyl sites for hydroxylation is 1. The first kappa shape index (κ1) is 15.4. The highest BCUT2D eigenvalue weighted by Crippen LogP contribution is 2.26. The van der Waals surface area contributed by atoms with E-state index in [1.165, 1.54) is 12.5 Å². The molecule has 0 unspecified atom stereocenters. The van der Waals surface area contributed by atoms with Gasteiger partial charge in [0.1, 0.15) is 12.0 Å². The maximum Gasteiger partial charge on any atom is 0.271 e. The molecule has 1 N–H and O–H groups in total. The van der Waals surface area contributed by atoms with Crippen LogP contribution in [0.25, 0.3) is 0 Å². The summed E-state index contributed by atoms with van der Waals surface area (Å²) in [6.45, 7) is 0.549. The van der Waals surface area contributed by atoms with E-state index in [1.807, 2.05) is 24.3 Å². The first-order valence-corrected chi connectivity index (χ1v) is 7.66. The molecule has 2 aromatic rings. The second-order valence-corrected chi connectivity index (χ2v) is 5.59. The second kappa shape index (κ2) is 6.75. The Morgan fingerprint density at radius 2 is 2.13 bits per heavy atom. The van der Waals surface area contributed by atoms with E-state index in [1.54, 1.807) is 4.90 Å². The molecule has 0 atom stereocenters. The lowest BCUT2D eigenvalue weighted by Crippen LogP contribution is -2.42. The van der Waals surface area contributed by atoms with Crippen LogP contribution in [0.4, 0.5) is 5.69 Å². The van der Waals surface area contributed by atoms with Crippen molar-refractivity contribution in [1.82, 2.24) is 15.3 Å². The number of aromatic nitrogens is 2. The van der Waals surface area contributed by atoms with Gasteiger partial charge < -0.3 is 10.2 Å². The first-order chi connectivity index (χ1) is 11.2. The number of fused-ring (bicyclic) bond motifs is 1. The predicted molar refractivity (Wildman–Crippen MR) is 86.5 cm³/mol. The quantitative estimate of drug-likeness (QED) is 0.931. The number of halogens is 1. The fourth-order valence-electron chi connectivity index (χ4n) is 2.61. The molecule has 2 amide bonds. The molecule has 1 aliphatic heterocycles. The topological polar surface area (TPSA) is 75.2 Å². The van der Waals surface area contributed by atoms with E-state index < -0.39 is 5.91 Å². The number of hydrogen-bond acceptors (Lipinski definition) is 4. The Labute approximate surface area is 138 Å². The summed E-state index contributed by atoms with van der Waals surface area (Å²) in [7, 11) is 0. The third kappa shape index (κ3) is 3.32. The zero-order chi connectivity index (χ0) is 16.2. The van der Waals surface area contributed by atoms with Crippen molar-refractivity contribution in [1.29, 1.82) is 0 Å². The molecule has 2 heterocycles. The molecule has 6 nitrogen and oxygen atoms in total. The van der Waals surface area contributed by atoms with Crippen molar-refractivity contribution in [2.24, 2.45) is 0 Å². The van der Waals surface area contributed by atoms with Crippen molar-refractivity contribution < 1.29 is 9.59 Å². The molecule has 0 aliphatic carbocycles. The van der Waals surface area contributed by atoms with Crippen LogP contribution in [-0.2, 0) is 11.2 Å². The molecule has 7 heteroatoms. The Hall–Kier alpha value is -2.47. The lowest BCUT2D eigenvalue weighted by Gasteiger charge is -2.29. The minimum atomic E-state index is -0.490. The Morgan fingerprint density at radius 3 is 2.96 bits per heavy atom. The SMILES string of the molecule is O=C(NCC(=O)N1CCCc2ccccc21)c1ncncc1Cl. The average Bonchev–Trinajstić information content (AvgIpc) is 2.59. The molecule has 0 bridgehead atoms. The maximum absolute atomic E-state index is 12.4. The summed E-state index contributed by atoms with van der Waals surface area (Å²) >= 11 is 5.87. The summed E-state index contributed by atoms with van der Waals surface area (Å²) in [5.41, 5.74) is 2.13. The molecule has 0 saturated carbocycles. The highest BCUT2D eigenvalue weighted by Gasteiger charge is 2.22. The fourth-order valence-corrected chi connectivity index (χ4v) is 2.80. The van der Waals surface area contributed by atoms with Crippen molar-refractivity contribution in [3.63, 3.8) is 0 Å². The van der Waals surface area contributed by atoms with E-state index in [2.05, 4.69) is 15.3 Å². The molecule has 1 aromatic heterocycles. The second-order valence-electron chi connectivity index (χ2n) is 5.18. The van der Waals surface area contributed by atoms with Gasteiger partial charge in [0, 0.05) is 18.4 Å². The lowest BCUT2D eigenvalue weighted by atomic mass is 10.0. The van der Waals surface area contributed by atoms with E-state index >= 15 is 0 Å². The summed E-state index contributed by atoms with van der Waals surface area (Å²) in [6, 6.07) is 7.82. The van der Waals surface area contributed by atoms with Gasteiger partial charge in [-0.1, -0.05) is 29.8 Å². The van der Waals surface area contributed by atoms with Gasteiger partial charge >= 0.3 is 0 Å². The number of rotatable bonds is 3. The largest absolute Gasteiger partial charge is 0.342 e. The number of nitrogens with one attached hydrogen (secondary N) is 1. The minimum absolute atomic E-state index is 0.0634. The summed E-state index contributed by atoms with van der Waals surface area (Å²) in [6.07, 6.45) is 4.45. The Kier molecular flexibility index (Phi) is 4.52. The van der Waals surface area contributed by atoms with Crippen LogP contribution in [0.2, 0.25) is 5.02 Å². The van der Waals surface area contributed by atoms with E-state index in [9.17, 15) is 9.59 Å². The fraction of sp³-hybridized carbons (Fsp3) is 0.250. The summed E-state index contributed by atoms with van der Waals surface area (Å²) in [5.74, 6) is -0.647. The Bertz CT molecular complexity index is 750.